The van der Waals surface area contributed by atoms with Crippen LogP contribution in [0.4, 0.5) is 0 Å². The van der Waals surface area contributed by atoms with Gasteiger partial charge in [0, 0.05) is 0 Å². The molecule has 1 saturated heterocycles. The molecule has 0 unspecified atom stereocenters. The number of esters is 1. The van der Waals surface area contributed by atoms with Crippen molar-refractivity contribution in [2.75, 3.05) is 6.54 Å². The van der Waals surface area contributed by atoms with Crippen molar-refractivity contribution in [2.24, 2.45) is 11.8 Å². The molecule has 7 heteroatoms. The smallest absolute Gasteiger partial charge is 0.331 e. The van der Waals surface area contributed by atoms with Gasteiger partial charge in [-0.15, -0.1) is 0 Å². The predicted octanol–water partition coefficient (Wildman–Crippen LogP) is 2.85. The van der Waals surface area contributed by atoms with Crippen LogP contribution in [0.1, 0.15) is 12.8 Å². The maximum atomic E-state index is 12.3. The summed E-state index contributed by atoms with van der Waals surface area (Å²) in [4.78, 5) is 37.6. The zero-order valence-electron chi connectivity index (χ0n) is 12.0. The van der Waals surface area contributed by atoms with Crippen molar-refractivity contribution in [2.45, 2.75) is 12.8 Å². The summed E-state index contributed by atoms with van der Waals surface area (Å²) in [7, 11) is 0. The largest absolute Gasteiger partial charge is 0.424 e. The minimum Gasteiger partial charge on any atom is -0.424 e. The number of amides is 2. The number of imide groups is 1. The molecule has 1 fully saturated rings. The number of likely N-dealkylation sites (tertiary alicyclic amines) is 1. The maximum absolute atomic E-state index is 12.3. The lowest BCUT2D eigenvalue weighted by molar-refractivity contribution is -0.148. The van der Waals surface area contributed by atoms with E-state index in [4.69, 9.17) is 27.9 Å². The number of halogens is 2. The van der Waals surface area contributed by atoms with Gasteiger partial charge in [-0.05, 0) is 25.0 Å². The van der Waals surface area contributed by atoms with Gasteiger partial charge in [0.05, 0.1) is 16.9 Å². The van der Waals surface area contributed by atoms with Gasteiger partial charge in [0.15, 0.2) is 5.75 Å². The molecular formula is C16H13Cl2NO4. The summed E-state index contributed by atoms with van der Waals surface area (Å²) >= 11 is 11.8. The molecule has 3 rings (SSSR count). The highest BCUT2D eigenvalue weighted by molar-refractivity contribution is 6.43. The second-order valence-electron chi connectivity index (χ2n) is 5.44. The lowest BCUT2D eigenvalue weighted by atomic mass is 9.85. The Balaban J connectivity index is 1.70. The van der Waals surface area contributed by atoms with Crippen LogP contribution in [0, 0.1) is 11.8 Å². The van der Waals surface area contributed by atoms with E-state index in [1.165, 1.54) is 6.07 Å². The SMILES string of the molecule is O=C(CN1C(=O)[C@H]2CC=CC[C@@H]2C1=O)Oc1cccc(Cl)c1Cl. The van der Waals surface area contributed by atoms with E-state index in [-0.39, 0.29) is 39.4 Å². The minimum atomic E-state index is -0.734. The van der Waals surface area contributed by atoms with Gasteiger partial charge in [-0.3, -0.25) is 14.5 Å². The molecule has 120 valence electrons. The van der Waals surface area contributed by atoms with Crippen molar-refractivity contribution in [3.8, 4) is 5.75 Å². The molecule has 2 amide bonds. The number of fused-ring (bicyclic) bond motifs is 1. The molecule has 2 atom stereocenters. The van der Waals surface area contributed by atoms with Gasteiger partial charge in [-0.25, -0.2) is 4.79 Å². The van der Waals surface area contributed by atoms with Crippen LogP contribution in [-0.4, -0.2) is 29.2 Å². The van der Waals surface area contributed by atoms with Crippen molar-refractivity contribution in [3.63, 3.8) is 0 Å². The minimum absolute atomic E-state index is 0.0994. The van der Waals surface area contributed by atoms with Gasteiger partial charge in [-0.2, -0.15) is 0 Å². The fourth-order valence-electron chi connectivity index (χ4n) is 2.87. The van der Waals surface area contributed by atoms with Crippen LogP contribution >= 0.6 is 23.2 Å². The van der Waals surface area contributed by atoms with Gasteiger partial charge in [0.25, 0.3) is 0 Å². The Bertz CT molecular complexity index is 690. The molecule has 2 aliphatic rings. The van der Waals surface area contributed by atoms with Crippen LogP contribution in [0.25, 0.3) is 0 Å². The summed E-state index contributed by atoms with van der Waals surface area (Å²) in [6.45, 7) is -0.423. The van der Waals surface area contributed by atoms with Crippen LogP contribution in [0.15, 0.2) is 30.4 Å². The third-order valence-corrected chi connectivity index (χ3v) is 4.83. The fraction of sp³-hybridized carbons (Fsp3) is 0.312. The molecular weight excluding hydrogens is 341 g/mol. The van der Waals surface area contributed by atoms with Crippen molar-refractivity contribution < 1.29 is 19.1 Å². The third-order valence-electron chi connectivity index (χ3n) is 4.03. The molecule has 0 aromatic heterocycles. The summed E-state index contributed by atoms with van der Waals surface area (Å²) in [5.74, 6) is -2.01. The highest BCUT2D eigenvalue weighted by atomic mass is 35.5. The number of benzene rings is 1. The van der Waals surface area contributed by atoms with Gasteiger partial charge in [-0.1, -0.05) is 41.4 Å². The second-order valence-corrected chi connectivity index (χ2v) is 6.23. The Labute approximate surface area is 142 Å². The average Bonchev–Trinajstić information content (AvgIpc) is 2.77. The van der Waals surface area contributed by atoms with E-state index in [0.717, 1.165) is 4.90 Å². The second kappa shape index (κ2) is 6.34. The summed E-state index contributed by atoms with van der Waals surface area (Å²) in [5.41, 5.74) is 0. The van der Waals surface area contributed by atoms with E-state index in [1.54, 1.807) is 12.1 Å². The Morgan fingerprint density at radius 2 is 1.74 bits per heavy atom. The molecule has 0 bridgehead atoms. The quantitative estimate of drug-likeness (QED) is 0.362. The van der Waals surface area contributed by atoms with E-state index < -0.39 is 12.5 Å². The molecule has 0 spiro atoms. The molecule has 5 nitrogen and oxygen atoms in total. The molecule has 1 aliphatic carbocycles. The molecule has 1 heterocycles. The van der Waals surface area contributed by atoms with Gasteiger partial charge < -0.3 is 4.74 Å². The van der Waals surface area contributed by atoms with Gasteiger partial charge in [0.1, 0.15) is 11.6 Å². The van der Waals surface area contributed by atoms with Crippen LogP contribution in [0.5, 0.6) is 5.75 Å². The molecule has 0 N–H and O–H groups in total. The van der Waals surface area contributed by atoms with Crippen LogP contribution in [0.2, 0.25) is 10.0 Å². The molecule has 0 saturated carbocycles. The molecule has 1 aliphatic heterocycles. The summed E-state index contributed by atoms with van der Waals surface area (Å²) in [6.07, 6.45) is 4.83. The third kappa shape index (κ3) is 2.99. The lowest BCUT2D eigenvalue weighted by Gasteiger charge is -2.14. The van der Waals surface area contributed by atoms with Crippen LogP contribution in [0.3, 0.4) is 0 Å². The topological polar surface area (TPSA) is 63.7 Å². The Morgan fingerprint density at radius 3 is 2.35 bits per heavy atom. The van der Waals surface area contributed by atoms with E-state index in [9.17, 15) is 14.4 Å². The highest BCUT2D eigenvalue weighted by Crippen LogP contribution is 2.35. The van der Waals surface area contributed by atoms with Crippen molar-refractivity contribution in [3.05, 3.63) is 40.4 Å². The first-order chi connectivity index (χ1) is 11.0. The fourth-order valence-corrected chi connectivity index (χ4v) is 3.20. The van der Waals surface area contributed by atoms with Crippen molar-refractivity contribution in [1.82, 2.24) is 4.90 Å². The highest BCUT2D eigenvalue weighted by Gasteiger charge is 2.47. The van der Waals surface area contributed by atoms with E-state index >= 15 is 0 Å². The number of carbonyl (C=O) groups is 3. The number of rotatable bonds is 3. The number of ether oxygens (including phenoxy) is 1. The van der Waals surface area contributed by atoms with E-state index in [2.05, 4.69) is 0 Å². The molecule has 23 heavy (non-hydrogen) atoms. The first kappa shape index (κ1) is 16.0. The van der Waals surface area contributed by atoms with Crippen molar-refractivity contribution >= 4 is 41.0 Å². The Kier molecular flexibility index (Phi) is 4.41. The van der Waals surface area contributed by atoms with Gasteiger partial charge in [0.2, 0.25) is 11.8 Å². The van der Waals surface area contributed by atoms with Crippen LogP contribution < -0.4 is 4.74 Å². The van der Waals surface area contributed by atoms with E-state index in [0.29, 0.717) is 12.8 Å². The van der Waals surface area contributed by atoms with E-state index in [1.807, 2.05) is 12.2 Å². The average molecular weight is 354 g/mol. The number of hydrogen-bond acceptors (Lipinski definition) is 4. The predicted molar refractivity (Wildman–Crippen MR) is 84.2 cm³/mol. The zero-order valence-corrected chi connectivity index (χ0v) is 13.5. The maximum Gasteiger partial charge on any atom is 0.331 e. The number of hydrogen-bond donors (Lipinski definition) is 0. The normalized spacial score (nSPS) is 23.1. The standard InChI is InChI=1S/C16H13Cl2NO4/c17-11-6-3-7-12(14(11)18)23-13(20)8-19-15(21)9-4-1-2-5-10(9)16(19)22/h1-3,6-7,9-10H,4-5,8H2/t9-,10-/m0/s1. The first-order valence-corrected chi connectivity index (χ1v) is 7.89. The Morgan fingerprint density at radius 1 is 1.13 bits per heavy atom. The van der Waals surface area contributed by atoms with Crippen LogP contribution in [-0.2, 0) is 14.4 Å². The summed E-state index contributed by atoms with van der Waals surface area (Å²) in [5, 5.41) is 0.363. The number of allylic oxidation sites excluding steroid dienone is 2. The molecule has 0 radical (unpaired) electrons. The number of nitrogens with zero attached hydrogens (tertiary/aromatic N) is 1. The van der Waals surface area contributed by atoms with Gasteiger partial charge >= 0.3 is 5.97 Å². The zero-order chi connectivity index (χ0) is 16.6. The lowest BCUT2D eigenvalue weighted by Crippen LogP contribution is -2.37. The molecule has 1 aromatic rings. The summed E-state index contributed by atoms with van der Waals surface area (Å²) in [6, 6.07) is 4.64. The van der Waals surface area contributed by atoms with Crippen molar-refractivity contribution in [1.29, 1.82) is 0 Å². The number of carbonyl (C=O) groups excluding carboxylic acids is 3. The first-order valence-electron chi connectivity index (χ1n) is 7.14. The monoisotopic (exact) mass is 353 g/mol. The Hall–Kier alpha value is -1.85. The summed E-state index contributed by atoms with van der Waals surface area (Å²) < 4.78 is 5.12. The molecule has 1 aromatic carbocycles.